The van der Waals surface area contributed by atoms with Gasteiger partial charge in [-0.05, 0) is 30.5 Å². The van der Waals surface area contributed by atoms with Crippen molar-refractivity contribution in [3.05, 3.63) is 34.3 Å². The number of esters is 1. The number of hydrogen-bond acceptors (Lipinski definition) is 4. The topological polar surface area (TPSA) is 75.7 Å². The summed E-state index contributed by atoms with van der Waals surface area (Å²) in [6.45, 7) is 0.624. The van der Waals surface area contributed by atoms with Crippen molar-refractivity contribution in [2.24, 2.45) is 0 Å². The van der Waals surface area contributed by atoms with E-state index in [1.54, 1.807) is 4.90 Å². The van der Waals surface area contributed by atoms with Gasteiger partial charge in [0.25, 0.3) is 0 Å². The SMILES string of the molecule is COC(=O)CC(NC(=O)CN1CCCCCCC1=O)c1ccc(Br)cc1. The van der Waals surface area contributed by atoms with Gasteiger partial charge in [0.15, 0.2) is 0 Å². The van der Waals surface area contributed by atoms with Crippen molar-refractivity contribution in [3.8, 4) is 0 Å². The van der Waals surface area contributed by atoms with Gasteiger partial charge in [0.1, 0.15) is 0 Å². The number of nitrogens with zero attached hydrogens (tertiary/aromatic N) is 1. The molecule has 1 N–H and O–H groups in total. The zero-order valence-electron chi connectivity index (χ0n) is 15.0. The molecule has 1 fully saturated rings. The van der Waals surface area contributed by atoms with Crippen LogP contribution >= 0.6 is 15.9 Å². The Hall–Kier alpha value is -1.89. The normalized spacial score (nSPS) is 16.4. The third-order valence-electron chi connectivity index (χ3n) is 4.46. The number of carbonyl (C=O) groups is 3. The van der Waals surface area contributed by atoms with E-state index in [2.05, 4.69) is 21.2 Å². The Bertz CT molecular complexity index is 633. The second-order valence-corrected chi connectivity index (χ2v) is 7.35. The van der Waals surface area contributed by atoms with Crippen LogP contribution < -0.4 is 5.32 Å². The molecule has 0 saturated carbocycles. The number of hydrogen-bond donors (Lipinski definition) is 1. The van der Waals surface area contributed by atoms with Gasteiger partial charge >= 0.3 is 5.97 Å². The lowest BCUT2D eigenvalue weighted by atomic mass is 10.0. The highest BCUT2D eigenvalue weighted by Gasteiger charge is 2.22. The van der Waals surface area contributed by atoms with E-state index in [1.165, 1.54) is 7.11 Å². The predicted molar refractivity (Wildman–Crippen MR) is 101 cm³/mol. The lowest BCUT2D eigenvalue weighted by Gasteiger charge is -2.26. The summed E-state index contributed by atoms with van der Waals surface area (Å²) in [5.74, 6) is -0.649. The maximum absolute atomic E-state index is 12.5. The molecule has 0 aliphatic carbocycles. The summed E-state index contributed by atoms with van der Waals surface area (Å²) >= 11 is 3.37. The monoisotopic (exact) mass is 424 g/mol. The molecule has 1 heterocycles. The number of carbonyl (C=O) groups excluding carboxylic acids is 3. The number of likely N-dealkylation sites (tertiary alicyclic amines) is 1. The minimum absolute atomic E-state index is 0.0209. The molecule has 0 aromatic heterocycles. The Morgan fingerprint density at radius 1 is 1.19 bits per heavy atom. The number of methoxy groups -OCH3 is 1. The standard InChI is InChI=1S/C19H25BrN2O4/c1-26-19(25)12-16(14-7-9-15(20)10-8-14)21-17(23)13-22-11-5-3-2-4-6-18(22)24/h7-10,16H,2-6,11-13H2,1H3,(H,21,23). The van der Waals surface area contributed by atoms with Crippen LogP contribution in [-0.2, 0) is 19.1 Å². The molecule has 142 valence electrons. The van der Waals surface area contributed by atoms with Crippen LogP contribution in [0.2, 0.25) is 0 Å². The first kappa shape index (κ1) is 20.4. The van der Waals surface area contributed by atoms with Crippen LogP contribution in [0.5, 0.6) is 0 Å². The van der Waals surface area contributed by atoms with Crippen molar-refractivity contribution in [2.45, 2.75) is 44.6 Å². The largest absolute Gasteiger partial charge is 0.469 e. The molecule has 1 aliphatic rings. The lowest BCUT2D eigenvalue weighted by molar-refractivity contribution is -0.142. The number of halogens is 1. The zero-order valence-corrected chi connectivity index (χ0v) is 16.6. The molecule has 26 heavy (non-hydrogen) atoms. The van der Waals surface area contributed by atoms with Crippen molar-refractivity contribution in [3.63, 3.8) is 0 Å². The first-order valence-electron chi connectivity index (χ1n) is 8.89. The molecular weight excluding hydrogens is 400 g/mol. The van der Waals surface area contributed by atoms with E-state index in [0.29, 0.717) is 13.0 Å². The van der Waals surface area contributed by atoms with Crippen LogP contribution in [0.15, 0.2) is 28.7 Å². The smallest absolute Gasteiger partial charge is 0.307 e. The average Bonchev–Trinajstić information content (AvgIpc) is 2.61. The summed E-state index contributed by atoms with van der Waals surface area (Å²) in [6.07, 6.45) is 4.47. The minimum atomic E-state index is -0.493. The lowest BCUT2D eigenvalue weighted by Crippen LogP contribution is -2.43. The van der Waals surface area contributed by atoms with Gasteiger partial charge in [-0.3, -0.25) is 14.4 Å². The van der Waals surface area contributed by atoms with Gasteiger partial charge in [0.05, 0.1) is 26.1 Å². The highest BCUT2D eigenvalue weighted by Crippen LogP contribution is 2.20. The highest BCUT2D eigenvalue weighted by atomic mass is 79.9. The summed E-state index contributed by atoms with van der Waals surface area (Å²) in [6, 6.07) is 6.91. The molecule has 1 aromatic rings. The van der Waals surface area contributed by atoms with E-state index in [0.717, 1.165) is 35.7 Å². The summed E-state index contributed by atoms with van der Waals surface area (Å²) in [5, 5.41) is 2.87. The number of rotatable bonds is 6. The Balaban J connectivity index is 2.03. The van der Waals surface area contributed by atoms with Gasteiger partial charge in [-0.2, -0.15) is 0 Å². The van der Waals surface area contributed by atoms with Crippen molar-refractivity contribution in [1.29, 1.82) is 0 Å². The highest BCUT2D eigenvalue weighted by molar-refractivity contribution is 9.10. The van der Waals surface area contributed by atoms with E-state index >= 15 is 0 Å². The number of benzene rings is 1. The van der Waals surface area contributed by atoms with Crippen molar-refractivity contribution >= 4 is 33.7 Å². The summed E-state index contributed by atoms with van der Waals surface area (Å²) in [7, 11) is 1.32. The number of nitrogens with one attached hydrogen (secondary N) is 1. The van der Waals surface area contributed by atoms with Gasteiger partial charge in [0.2, 0.25) is 11.8 Å². The Morgan fingerprint density at radius 3 is 2.58 bits per heavy atom. The average molecular weight is 425 g/mol. The predicted octanol–water partition coefficient (Wildman–Crippen LogP) is 2.96. The summed E-state index contributed by atoms with van der Waals surface area (Å²) in [4.78, 5) is 38.0. The van der Waals surface area contributed by atoms with Crippen LogP contribution in [0, 0.1) is 0 Å². The summed E-state index contributed by atoms with van der Waals surface area (Å²) < 4.78 is 5.65. The van der Waals surface area contributed by atoms with Gasteiger partial charge in [-0.15, -0.1) is 0 Å². The van der Waals surface area contributed by atoms with Gasteiger partial charge in [-0.1, -0.05) is 40.9 Å². The first-order chi connectivity index (χ1) is 12.5. The van der Waals surface area contributed by atoms with E-state index in [-0.39, 0.29) is 24.8 Å². The molecule has 0 radical (unpaired) electrons. The quantitative estimate of drug-likeness (QED) is 0.712. The molecule has 0 bridgehead atoms. The van der Waals surface area contributed by atoms with Gasteiger partial charge in [0, 0.05) is 17.4 Å². The molecule has 1 atom stereocenters. The fraction of sp³-hybridized carbons (Fsp3) is 0.526. The summed E-state index contributed by atoms with van der Waals surface area (Å²) in [5.41, 5.74) is 0.811. The van der Waals surface area contributed by atoms with Crippen LogP contribution in [0.1, 0.15) is 50.1 Å². The molecule has 0 spiro atoms. The van der Waals surface area contributed by atoms with E-state index < -0.39 is 12.0 Å². The zero-order chi connectivity index (χ0) is 18.9. The van der Waals surface area contributed by atoms with E-state index in [4.69, 9.17) is 4.74 Å². The molecule has 7 heteroatoms. The van der Waals surface area contributed by atoms with Gasteiger partial charge < -0.3 is 15.0 Å². The molecule has 2 rings (SSSR count). The minimum Gasteiger partial charge on any atom is -0.469 e. The molecule has 1 aliphatic heterocycles. The van der Waals surface area contributed by atoms with E-state index in [1.807, 2.05) is 24.3 Å². The third kappa shape index (κ3) is 6.44. The van der Waals surface area contributed by atoms with E-state index in [9.17, 15) is 14.4 Å². The Labute approximate surface area is 162 Å². The molecule has 1 unspecified atom stereocenters. The second-order valence-electron chi connectivity index (χ2n) is 6.43. The molecular formula is C19H25BrN2O4. The van der Waals surface area contributed by atoms with Crippen LogP contribution in [0.4, 0.5) is 0 Å². The van der Waals surface area contributed by atoms with Crippen LogP contribution in [0.3, 0.4) is 0 Å². The molecule has 6 nitrogen and oxygen atoms in total. The number of amides is 2. The van der Waals surface area contributed by atoms with Gasteiger partial charge in [-0.25, -0.2) is 0 Å². The maximum Gasteiger partial charge on any atom is 0.307 e. The van der Waals surface area contributed by atoms with Crippen LogP contribution in [0.25, 0.3) is 0 Å². The first-order valence-corrected chi connectivity index (χ1v) is 9.68. The third-order valence-corrected chi connectivity index (χ3v) is 4.99. The number of ether oxygens (including phenoxy) is 1. The fourth-order valence-corrected chi connectivity index (χ4v) is 3.26. The maximum atomic E-state index is 12.5. The van der Waals surface area contributed by atoms with Crippen molar-refractivity contribution in [2.75, 3.05) is 20.2 Å². The van der Waals surface area contributed by atoms with Crippen molar-refractivity contribution in [1.82, 2.24) is 10.2 Å². The molecule has 2 amide bonds. The van der Waals surface area contributed by atoms with Crippen LogP contribution in [-0.4, -0.2) is 42.9 Å². The second kappa shape index (κ2) is 10.3. The molecule has 1 saturated heterocycles. The Kier molecular flexibility index (Phi) is 8.09. The Morgan fingerprint density at radius 2 is 1.88 bits per heavy atom. The fourth-order valence-electron chi connectivity index (χ4n) is 2.99. The molecule has 1 aromatic carbocycles. The van der Waals surface area contributed by atoms with Crippen molar-refractivity contribution < 1.29 is 19.1 Å².